The number of fused-ring (bicyclic) bond motifs is 2. The van der Waals surface area contributed by atoms with Gasteiger partial charge in [0, 0.05) is 31.5 Å². The van der Waals surface area contributed by atoms with E-state index in [2.05, 4.69) is 39.1 Å². The number of ether oxygens (including phenoxy) is 4. The van der Waals surface area contributed by atoms with Crippen molar-refractivity contribution in [3.05, 3.63) is 35.4 Å². The Hall–Kier alpha value is -2.39. The summed E-state index contributed by atoms with van der Waals surface area (Å²) in [4.78, 5) is 14.8. The fourth-order valence-electron chi connectivity index (χ4n) is 4.84. The fraction of sp³-hybridized carbons (Fsp3) is 0.478. The number of benzene rings is 1. The first-order valence-corrected chi connectivity index (χ1v) is 11.4. The van der Waals surface area contributed by atoms with E-state index in [1.165, 1.54) is 18.5 Å². The maximum atomic E-state index is 6.57. The van der Waals surface area contributed by atoms with E-state index < -0.39 is 0 Å². The summed E-state index contributed by atoms with van der Waals surface area (Å²) in [5.74, 6) is 0. The molecule has 3 aliphatic rings. The number of nitrogens with one attached hydrogen (secondary N) is 1. The summed E-state index contributed by atoms with van der Waals surface area (Å²) >= 11 is 6.57. The molecule has 1 aromatic carbocycles. The molecule has 5 heterocycles. The van der Waals surface area contributed by atoms with Crippen molar-refractivity contribution >= 4 is 28.5 Å². The Morgan fingerprint density at radius 2 is 1.75 bits per heavy atom. The van der Waals surface area contributed by atoms with Crippen molar-refractivity contribution in [3.63, 3.8) is 0 Å². The Morgan fingerprint density at radius 3 is 2.50 bits per heavy atom. The molecule has 3 fully saturated rings. The first-order chi connectivity index (χ1) is 15.7. The molecule has 6 rings (SSSR count). The molecule has 168 valence electrons. The van der Waals surface area contributed by atoms with Crippen LogP contribution >= 0.6 is 11.6 Å². The molecule has 2 aromatic heterocycles. The molecule has 0 amide bonds. The topological polar surface area (TPSA) is 81.7 Å². The molecule has 0 bridgehead atoms. The molecule has 0 radical (unpaired) electrons. The predicted octanol–water partition coefficient (Wildman–Crippen LogP) is 3.44. The van der Waals surface area contributed by atoms with Crippen LogP contribution in [0.2, 0.25) is 5.02 Å². The van der Waals surface area contributed by atoms with Crippen LogP contribution in [0.1, 0.15) is 12.8 Å². The van der Waals surface area contributed by atoms with Gasteiger partial charge in [-0.3, -0.25) is 0 Å². The van der Waals surface area contributed by atoms with Gasteiger partial charge >= 0.3 is 0 Å². The van der Waals surface area contributed by atoms with Crippen molar-refractivity contribution < 1.29 is 18.9 Å². The van der Waals surface area contributed by atoms with Gasteiger partial charge < -0.3 is 28.8 Å². The van der Waals surface area contributed by atoms with E-state index in [0.717, 1.165) is 24.2 Å². The summed E-state index contributed by atoms with van der Waals surface area (Å²) in [6, 6.07) is 10.6. The van der Waals surface area contributed by atoms with E-state index in [0.29, 0.717) is 35.6 Å². The zero-order valence-corrected chi connectivity index (χ0v) is 18.5. The van der Waals surface area contributed by atoms with E-state index >= 15 is 0 Å². The Bertz CT molecular complexity index is 1120. The molecule has 3 aliphatic heterocycles. The molecule has 0 spiro atoms. The summed E-state index contributed by atoms with van der Waals surface area (Å²) in [5, 5.41) is 0.563. The van der Waals surface area contributed by atoms with Crippen LogP contribution in [0.4, 0.5) is 5.69 Å². The number of hydrogen-bond donors (Lipinski definition) is 1. The average Bonchev–Trinajstić information content (AvgIpc) is 3.59. The molecule has 3 aromatic rings. The summed E-state index contributed by atoms with van der Waals surface area (Å²) in [6.07, 6.45) is 1.90. The van der Waals surface area contributed by atoms with Gasteiger partial charge in [0.2, 0.25) is 0 Å². The molecule has 4 atom stereocenters. The number of nitrogens with zero attached hydrogens (tertiary/aromatic N) is 3. The van der Waals surface area contributed by atoms with Gasteiger partial charge in [-0.2, -0.15) is 4.98 Å². The molecule has 1 N–H and O–H groups in total. The van der Waals surface area contributed by atoms with Crippen molar-refractivity contribution in [2.75, 3.05) is 38.3 Å². The molecule has 3 saturated heterocycles. The Morgan fingerprint density at radius 1 is 1.03 bits per heavy atom. The lowest BCUT2D eigenvalue weighted by atomic mass is 10.1. The third kappa shape index (κ3) is 3.51. The summed E-state index contributed by atoms with van der Waals surface area (Å²) in [5.41, 5.74) is 4.18. The second-order valence-electron chi connectivity index (χ2n) is 8.50. The molecule has 0 saturated carbocycles. The van der Waals surface area contributed by atoms with Crippen molar-refractivity contribution in [3.8, 4) is 17.3 Å². The highest BCUT2D eigenvalue weighted by atomic mass is 35.5. The number of halogens is 1. The van der Waals surface area contributed by atoms with Crippen molar-refractivity contribution in [1.82, 2.24) is 15.0 Å². The number of pyridine rings is 1. The van der Waals surface area contributed by atoms with Crippen molar-refractivity contribution in [2.45, 2.75) is 37.3 Å². The van der Waals surface area contributed by atoms with Crippen LogP contribution in [0.5, 0.6) is 6.01 Å². The molecule has 0 aliphatic carbocycles. The average molecular weight is 457 g/mol. The van der Waals surface area contributed by atoms with E-state index in [1.807, 2.05) is 6.07 Å². The zero-order valence-electron chi connectivity index (χ0n) is 17.8. The van der Waals surface area contributed by atoms with E-state index in [4.69, 9.17) is 35.5 Å². The quantitative estimate of drug-likeness (QED) is 0.629. The van der Waals surface area contributed by atoms with Crippen molar-refractivity contribution in [1.29, 1.82) is 0 Å². The predicted molar refractivity (Wildman–Crippen MR) is 120 cm³/mol. The third-order valence-electron chi connectivity index (χ3n) is 6.55. The summed E-state index contributed by atoms with van der Waals surface area (Å²) < 4.78 is 23.1. The van der Waals surface area contributed by atoms with Gasteiger partial charge in [-0.05, 0) is 31.0 Å². The highest BCUT2D eigenvalue weighted by Crippen LogP contribution is 2.33. The van der Waals surface area contributed by atoms with Gasteiger partial charge in [-0.25, -0.2) is 4.98 Å². The number of anilines is 1. The smallest absolute Gasteiger partial charge is 0.296 e. The second kappa shape index (κ2) is 8.19. The van der Waals surface area contributed by atoms with Crippen LogP contribution in [0, 0.1) is 0 Å². The number of aromatic amines is 1. The highest BCUT2D eigenvalue weighted by molar-refractivity contribution is 6.33. The number of imidazole rings is 1. The lowest BCUT2D eigenvalue weighted by Crippen LogP contribution is -2.35. The lowest BCUT2D eigenvalue weighted by molar-refractivity contribution is -0.0145. The largest absolute Gasteiger partial charge is 0.456 e. The van der Waals surface area contributed by atoms with E-state index in [1.54, 1.807) is 7.11 Å². The second-order valence-corrected chi connectivity index (χ2v) is 8.91. The van der Waals surface area contributed by atoms with Gasteiger partial charge in [0.1, 0.15) is 18.3 Å². The first-order valence-electron chi connectivity index (χ1n) is 11.0. The molecular formula is C23H25ClN4O4. The van der Waals surface area contributed by atoms with Gasteiger partial charge in [-0.15, -0.1) is 0 Å². The maximum absolute atomic E-state index is 6.57. The van der Waals surface area contributed by atoms with Crippen LogP contribution in [0.25, 0.3) is 22.4 Å². The number of methoxy groups -OCH3 is 1. The Kier molecular flexibility index (Phi) is 5.18. The van der Waals surface area contributed by atoms with Crippen molar-refractivity contribution in [2.24, 2.45) is 0 Å². The number of aromatic nitrogens is 3. The molecule has 32 heavy (non-hydrogen) atoms. The summed E-state index contributed by atoms with van der Waals surface area (Å²) in [6.45, 7) is 3.16. The summed E-state index contributed by atoms with van der Waals surface area (Å²) in [7, 11) is 1.67. The maximum Gasteiger partial charge on any atom is 0.296 e. The minimum Gasteiger partial charge on any atom is -0.456 e. The zero-order chi connectivity index (χ0) is 21.7. The SMILES string of the molecule is CO[C@@H]1CO[C@H]2[C@@H]1OC[C@H]2Oc1nc2nc(-c3ccc(N4CCCC4)cc3)c(Cl)cc2[nH]1. The lowest BCUT2D eigenvalue weighted by Gasteiger charge is -2.17. The van der Waals surface area contributed by atoms with Crippen LogP contribution in [-0.2, 0) is 14.2 Å². The Labute approximate surface area is 190 Å². The number of H-pyrrole nitrogens is 1. The monoisotopic (exact) mass is 456 g/mol. The van der Waals surface area contributed by atoms with E-state index in [9.17, 15) is 0 Å². The van der Waals surface area contributed by atoms with Crippen LogP contribution < -0.4 is 9.64 Å². The van der Waals surface area contributed by atoms with Crippen LogP contribution in [-0.4, -0.2) is 72.8 Å². The fourth-order valence-corrected chi connectivity index (χ4v) is 5.10. The third-order valence-corrected chi connectivity index (χ3v) is 6.83. The Balaban J connectivity index is 1.23. The van der Waals surface area contributed by atoms with Gasteiger partial charge in [0.25, 0.3) is 6.01 Å². The number of hydrogen-bond acceptors (Lipinski definition) is 7. The minimum atomic E-state index is -0.256. The number of rotatable bonds is 5. The van der Waals surface area contributed by atoms with Gasteiger partial charge in [-0.1, -0.05) is 23.7 Å². The molecule has 8 nitrogen and oxygen atoms in total. The molecule has 9 heteroatoms. The van der Waals surface area contributed by atoms with Crippen LogP contribution in [0.15, 0.2) is 30.3 Å². The normalized spacial score (nSPS) is 27.4. The highest BCUT2D eigenvalue weighted by Gasteiger charge is 2.49. The van der Waals surface area contributed by atoms with Crippen LogP contribution in [0.3, 0.4) is 0 Å². The minimum absolute atomic E-state index is 0.0656. The van der Waals surface area contributed by atoms with Gasteiger partial charge in [0.15, 0.2) is 11.8 Å². The van der Waals surface area contributed by atoms with Gasteiger partial charge in [0.05, 0.1) is 29.4 Å². The first kappa shape index (κ1) is 20.2. The van der Waals surface area contributed by atoms with E-state index in [-0.39, 0.29) is 24.4 Å². The molecular weight excluding hydrogens is 432 g/mol. The molecule has 0 unspecified atom stereocenters. The standard InChI is InChI=1S/C23H25ClN4O4/c1-29-17-11-30-21-18(12-31-20(17)21)32-23-25-16-10-15(24)19(26-22(16)27-23)13-4-6-14(7-5-13)28-8-2-3-9-28/h4-7,10,17-18,20-21H,2-3,8-9,11-12H2,1H3,(H,25,26,27)/t17-,18-,20-,21-/m1/s1.